The number of anilines is 2. The quantitative estimate of drug-likeness (QED) is 0.686. The Balaban J connectivity index is 2.17. The second-order valence-corrected chi connectivity index (χ2v) is 5.21. The van der Waals surface area contributed by atoms with E-state index in [9.17, 15) is 0 Å². The van der Waals surface area contributed by atoms with Crippen molar-refractivity contribution >= 4 is 34.0 Å². The van der Waals surface area contributed by atoms with Crippen molar-refractivity contribution in [3.8, 4) is 0 Å². The van der Waals surface area contributed by atoms with Gasteiger partial charge in [0.2, 0.25) is 0 Å². The van der Waals surface area contributed by atoms with Gasteiger partial charge in [-0.3, -0.25) is 0 Å². The van der Waals surface area contributed by atoms with Gasteiger partial charge < -0.3 is 10.6 Å². The van der Waals surface area contributed by atoms with E-state index >= 15 is 0 Å². The lowest BCUT2D eigenvalue weighted by atomic mass is 10.2. The topological polar surface area (TPSA) is 29.3 Å². The van der Waals surface area contributed by atoms with Gasteiger partial charge in [0.05, 0.1) is 5.69 Å². The third-order valence-corrected chi connectivity index (χ3v) is 3.51. The van der Waals surface area contributed by atoms with E-state index in [4.69, 9.17) is 5.73 Å². The minimum Gasteiger partial charge on any atom is -0.399 e. The second-order valence-electron chi connectivity index (χ2n) is 4.05. The molecular formula is C14H15IN2. The van der Waals surface area contributed by atoms with Crippen molar-refractivity contribution in [2.24, 2.45) is 0 Å². The number of nitrogens with zero attached hydrogens (tertiary/aromatic N) is 1. The molecule has 0 saturated carbocycles. The third kappa shape index (κ3) is 3.12. The van der Waals surface area contributed by atoms with Crippen LogP contribution in [0.3, 0.4) is 0 Å². The minimum atomic E-state index is 0.811. The fraction of sp³-hybridized carbons (Fsp3) is 0.143. The summed E-state index contributed by atoms with van der Waals surface area (Å²) in [5.41, 5.74) is 9.09. The predicted octanol–water partition coefficient (Wildman–Crippen LogP) is 3.51. The van der Waals surface area contributed by atoms with Crippen molar-refractivity contribution in [1.29, 1.82) is 0 Å². The molecule has 3 heteroatoms. The summed E-state index contributed by atoms with van der Waals surface area (Å²) in [5.74, 6) is 0. The lowest BCUT2D eigenvalue weighted by molar-refractivity contribution is 0.920. The first-order chi connectivity index (χ1) is 8.16. The summed E-state index contributed by atoms with van der Waals surface area (Å²) in [5, 5.41) is 0. The molecule has 2 aromatic rings. The van der Waals surface area contributed by atoms with Crippen molar-refractivity contribution in [3.05, 3.63) is 57.7 Å². The molecule has 0 bridgehead atoms. The number of benzene rings is 2. The Morgan fingerprint density at radius 2 is 1.82 bits per heavy atom. The maximum absolute atomic E-state index is 5.76. The molecule has 0 aliphatic carbocycles. The highest BCUT2D eigenvalue weighted by molar-refractivity contribution is 14.1. The molecule has 0 aromatic heterocycles. The zero-order valence-electron chi connectivity index (χ0n) is 9.73. The van der Waals surface area contributed by atoms with E-state index in [2.05, 4.69) is 64.9 Å². The predicted molar refractivity (Wildman–Crippen MR) is 82.1 cm³/mol. The van der Waals surface area contributed by atoms with Crippen molar-refractivity contribution in [3.63, 3.8) is 0 Å². The number of nitrogen functional groups attached to an aromatic ring is 1. The van der Waals surface area contributed by atoms with Crippen LogP contribution in [-0.4, -0.2) is 7.05 Å². The first-order valence-electron chi connectivity index (χ1n) is 5.47. The van der Waals surface area contributed by atoms with Crippen molar-refractivity contribution in [2.45, 2.75) is 6.54 Å². The fourth-order valence-electron chi connectivity index (χ4n) is 1.78. The third-order valence-electron chi connectivity index (χ3n) is 2.65. The molecule has 0 amide bonds. The summed E-state index contributed by atoms with van der Waals surface area (Å²) < 4.78 is 1.18. The molecule has 2 aromatic carbocycles. The Bertz CT molecular complexity index is 497. The Kier molecular flexibility index (Phi) is 3.89. The van der Waals surface area contributed by atoms with Gasteiger partial charge in [-0.25, -0.2) is 0 Å². The number of rotatable bonds is 3. The van der Waals surface area contributed by atoms with E-state index in [-0.39, 0.29) is 0 Å². The van der Waals surface area contributed by atoms with Crippen LogP contribution in [0.2, 0.25) is 0 Å². The molecule has 0 aliphatic heterocycles. The van der Waals surface area contributed by atoms with Gasteiger partial charge in [0.1, 0.15) is 0 Å². The highest BCUT2D eigenvalue weighted by Crippen LogP contribution is 2.24. The molecule has 17 heavy (non-hydrogen) atoms. The highest BCUT2D eigenvalue weighted by Gasteiger charge is 2.06. The lowest BCUT2D eigenvalue weighted by Gasteiger charge is -2.21. The molecule has 0 heterocycles. The average Bonchev–Trinajstić information content (AvgIpc) is 2.30. The zero-order chi connectivity index (χ0) is 12.3. The van der Waals surface area contributed by atoms with Gasteiger partial charge in [0.25, 0.3) is 0 Å². The Hall–Kier alpha value is -1.23. The van der Waals surface area contributed by atoms with Crippen LogP contribution >= 0.6 is 22.6 Å². The normalized spacial score (nSPS) is 10.2. The van der Waals surface area contributed by atoms with Crippen LogP contribution in [-0.2, 0) is 6.54 Å². The van der Waals surface area contributed by atoms with E-state index in [0.717, 1.165) is 12.2 Å². The number of hydrogen-bond acceptors (Lipinski definition) is 2. The van der Waals surface area contributed by atoms with Gasteiger partial charge in [-0.2, -0.15) is 0 Å². The SMILES string of the molecule is CN(Cc1ccccc1)c1ccc(N)cc1I. The summed E-state index contributed by atoms with van der Waals surface area (Å²) in [7, 11) is 2.10. The first-order valence-corrected chi connectivity index (χ1v) is 6.55. The van der Waals surface area contributed by atoms with Crippen LogP contribution in [0.15, 0.2) is 48.5 Å². The Labute approximate surface area is 116 Å². The van der Waals surface area contributed by atoms with Crippen LogP contribution in [0, 0.1) is 3.57 Å². The summed E-state index contributed by atoms with van der Waals surface area (Å²) in [4.78, 5) is 2.23. The van der Waals surface area contributed by atoms with Crippen LogP contribution in [0.25, 0.3) is 0 Å². The number of hydrogen-bond donors (Lipinski definition) is 1. The van der Waals surface area contributed by atoms with Gasteiger partial charge >= 0.3 is 0 Å². The zero-order valence-corrected chi connectivity index (χ0v) is 11.9. The van der Waals surface area contributed by atoms with E-state index in [1.165, 1.54) is 14.8 Å². The Morgan fingerprint density at radius 1 is 1.12 bits per heavy atom. The van der Waals surface area contributed by atoms with Crippen molar-refractivity contribution in [1.82, 2.24) is 0 Å². The number of nitrogens with two attached hydrogens (primary N) is 1. The monoisotopic (exact) mass is 338 g/mol. The van der Waals surface area contributed by atoms with Crippen LogP contribution in [0.5, 0.6) is 0 Å². The summed E-state index contributed by atoms with van der Waals surface area (Å²) in [6.45, 7) is 0.904. The molecule has 2 nitrogen and oxygen atoms in total. The molecule has 88 valence electrons. The van der Waals surface area contributed by atoms with Crippen molar-refractivity contribution < 1.29 is 0 Å². The molecule has 2 rings (SSSR count). The van der Waals surface area contributed by atoms with Crippen LogP contribution in [0.4, 0.5) is 11.4 Å². The van der Waals surface area contributed by atoms with Gasteiger partial charge in [0.15, 0.2) is 0 Å². The maximum atomic E-state index is 5.76. The summed E-state index contributed by atoms with van der Waals surface area (Å²) in [6, 6.07) is 16.5. The number of halogens is 1. The summed E-state index contributed by atoms with van der Waals surface area (Å²) in [6.07, 6.45) is 0. The second kappa shape index (κ2) is 5.40. The molecule has 0 saturated heterocycles. The fourth-order valence-corrected chi connectivity index (χ4v) is 2.73. The molecule has 0 atom stereocenters. The van der Waals surface area contributed by atoms with E-state index < -0.39 is 0 Å². The minimum absolute atomic E-state index is 0.811. The van der Waals surface area contributed by atoms with Crippen LogP contribution in [0.1, 0.15) is 5.56 Å². The van der Waals surface area contributed by atoms with Crippen LogP contribution < -0.4 is 10.6 Å². The van der Waals surface area contributed by atoms with Gasteiger partial charge in [-0.05, 0) is 46.4 Å². The van der Waals surface area contributed by atoms with Crippen molar-refractivity contribution in [2.75, 3.05) is 17.7 Å². The molecule has 0 unspecified atom stereocenters. The van der Waals surface area contributed by atoms with E-state index in [1.807, 2.05) is 18.2 Å². The standard InChI is InChI=1S/C14H15IN2/c1-17(10-11-5-3-2-4-6-11)14-8-7-12(16)9-13(14)15/h2-9H,10,16H2,1H3. The van der Waals surface area contributed by atoms with Gasteiger partial charge in [0, 0.05) is 22.8 Å². The first kappa shape index (κ1) is 12.2. The molecule has 0 aliphatic rings. The average molecular weight is 338 g/mol. The molecular weight excluding hydrogens is 323 g/mol. The van der Waals surface area contributed by atoms with E-state index in [1.54, 1.807) is 0 Å². The molecule has 0 radical (unpaired) electrons. The molecule has 2 N–H and O–H groups in total. The maximum Gasteiger partial charge on any atom is 0.0503 e. The largest absolute Gasteiger partial charge is 0.399 e. The molecule has 0 fully saturated rings. The van der Waals surface area contributed by atoms with Gasteiger partial charge in [-0.15, -0.1) is 0 Å². The molecule has 0 spiro atoms. The lowest BCUT2D eigenvalue weighted by Crippen LogP contribution is -2.17. The summed E-state index contributed by atoms with van der Waals surface area (Å²) >= 11 is 2.32. The smallest absolute Gasteiger partial charge is 0.0503 e. The van der Waals surface area contributed by atoms with Gasteiger partial charge in [-0.1, -0.05) is 30.3 Å². The highest BCUT2D eigenvalue weighted by atomic mass is 127. The Morgan fingerprint density at radius 3 is 2.47 bits per heavy atom. The van der Waals surface area contributed by atoms with E-state index in [0.29, 0.717) is 0 Å².